The summed E-state index contributed by atoms with van der Waals surface area (Å²) in [4.78, 5) is 35.9. The summed E-state index contributed by atoms with van der Waals surface area (Å²) in [5.41, 5.74) is -3.56. The third-order valence-electron chi connectivity index (χ3n) is 6.77. The summed E-state index contributed by atoms with van der Waals surface area (Å²) >= 11 is 0. The molecule has 1 saturated heterocycles. The van der Waals surface area contributed by atoms with Gasteiger partial charge in [0, 0.05) is 5.92 Å². The van der Waals surface area contributed by atoms with Crippen LogP contribution in [0.15, 0.2) is 41.7 Å². The molecule has 39 heavy (non-hydrogen) atoms. The minimum Gasteiger partial charge on any atom is -0.504 e. The minimum absolute atomic E-state index is 0.00377. The van der Waals surface area contributed by atoms with Crippen LogP contribution in [0.25, 0.3) is 0 Å². The Morgan fingerprint density at radius 3 is 2.44 bits per heavy atom. The highest BCUT2D eigenvalue weighted by atomic mass is 16.8. The van der Waals surface area contributed by atoms with Crippen molar-refractivity contribution in [1.82, 2.24) is 0 Å². The molecule has 4 rings (SSSR count). The number of phenolic OH excluding ortho intramolecular Hbond substituents is 1. The number of hydrogen-bond donors (Lipinski definition) is 7. The number of carbonyl (C=O) groups excluding carboxylic acids is 1. The van der Waals surface area contributed by atoms with E-state index in [2.05, 4.69) is 0 Å². The monoisotopic (exact) mass is 554 g/mol. The van der Waals surface area contributed by atoms with Crippen LogP contribution in [0.1, 0.15) is 16.8 Å². The number of aliphatic hydroxyl groups is 4. The van der Waals surface area contributed by atoms with E-state index in [0.29, 0.717) is 0 Å². The number of methoxy groups -OCH3 is 1. The number of aliphatic carboxylic acids is 2. The van der Waals surface area contributed by atoms with Crippen LogP contribution < -0.4 is 4.74 Å². The zero-order valence-corrected chi connectivity index (χ0v) is 20.2. The van der Waals surface area contributed by atoms with Gasteiger partial charge in [0.2, 0.25) is 6.29 Å². The van der Waals surface area contributed by atoms with Crippen molar-refractivity contribution in [2.45, 2.75) is 49.0 Å². The number of benzene rings is 1. The maximum atomic E-state index is 12.5. The standard InChI is InChI=1S/C24H26O15/c1-35-14-6-9(2-5-13(14)25)21(33)36-8-15-16(26)17(27)18(28)22(38-15)39-23-24(34)11(3-4-12(24)20(31)32)10(7-37-23)19(29)30/h2,4-7,11,15-18,22-23,25-28,34H,3,8H2,1H3,(H,29,30)(H,31,32)/t11-,15-,16+,17+,18-,22+,23+,24-/m1/s1. The average molecular weight is 554 g/mol. The van der Waals surface area contributed by atoms with Gasteiger partial charge in [0.1, 0.15) is 31.0 Å². The van der Waals surface area contributed by atoms with Crippen LogP contribution in [0, 0.1) is 5.92 Å². The predicted molar refractivity (Wildman–Crippen MR) is 122 cm³/mol. The van der Waals surface area contributed by atoms with E-state index in [9.17, 15) is 50.1 Å². The molecule has 3 aliphatic rings. The van der Waals surface area contributed by atoms with Crippen LogP contribution >= 0.6 is 0 Å². The lowest BCUT2D eigenvalue weighted by atomic mass is 9.79. The van der Waals surface area contributed by atoms with Crippen LogP contribution in [0.3, 0.4) is 0 Å². The summed E-state index contributed by atoms with van der Waals surface area (Å²) in [6, 6.07) is 3.64. The number of carbonyl (C=O) groups is 3. The van der Waals surface area contributed by atoms with Gasteiger partial charge < -0.3 is 59.4 Å². The van der Waals surface area contributed by atoms with Gasteiger partial charge >= 0.3 is 17.9 Å². The number of esters is 1. The number of carboxylic acids is 2. The molecule has 0 spiro atoms. The summed E-state index contributed by atoms with van der Waals surface area (Å²) in [5, 5.41) is 71.2. The Morgan fingerprint density at radius 2 is 1.79 bits per heavy atom. The third kappa shape index (κ3) is 5.03. The van der Waals surface area contributed by atoms with Crippen molar-refractivity contribution >= 4 is 17.9 Å². The zero-order chi connectivity index (χ0) is 28.6. The molecule has 1 fully saturated rings. The van der Waals surface area contributed by atoms with E-state index in [1.54, 1.807) is 0 Å². The Hall–Kier alpha value is -3.73. The molecule has 0 aromatic heterocycles. The molecule has 212 valence electrons. The van der Waals surface area contributed by atoms with Crippen molar-refractivity contribution in [3.8, 4) is 11.5 Å². The van der Waals surface area contributed by atoms with Crippen molar-refractivity contribution in [2.24, 2.45) is 5.92 Å². The normalized spacial score (nSPS) is 33.7. The second kappa shape index (κ2) is 10.8. The quantitative estimate of drug-likeness (QED) is 0.180. The molecule has 8 atom stereocenters. The Balaban J connectivity index is 1.51. The van der Waals surface area contributed by atoms with Gasteiger partial charge in [0.05, 0.1) is 30.1 Å². The van der Waals surface area contributed by atoms with Crippen LogP contribution in [0.2, 0.25) is 0 Å². The smallest absolute Gasteiger partial charge is 0.338 e. The van der Waals surface area contributed by atoms with Crippen molar-refractivity contribution in [2.75, 3.05) is 13.7 Å². The van der Waals surface area contributed by atoms with Crippen molar-refractivity contribution in [1.29, 1.82) is 0 Å². The molecule has 0 saturated carbocycles. The number of carboxylic acid groups (broad SMARTS) is 2. The van der Waals surface area contributed by atoms with Crippen LogP contribution in [0.5, 0.6) is 11.5 Å². The number of hydrogen-bond acceptors (Lipinski definition) is 13. The first kappa shape index (κ1) is 28.3. The molecule has 15 heteroatoms. The van der Waals surface area contributed by atoms with Gasteiger partial charge in [0.25, 0.3) is 0 Å². The molecule has 1 aliphatic carbocycles. The van der Waals surface area contributed by atoms with Crippen LogP contribution in [0.4, 0.5) is 0 Å². The highest BCUT2D eigenvalue weighted by Crippen LogP contribution is 2.47. The van der Waals surface area contributed by atoms with Crippen molar-refractivity contribution < 1.29 is 73.8 Å². The number of phenols is 1. The largest absolute Gasteiger partial charge is 0.504 e. The van der Waals surface area contributed by atoms with Gasteiger partial charge in [-0.3, -0.25) is 0 Å². The highest BCUT2D eigenvalue weighted by Gasteiger charge is 2.60. The van der Waals surface area contributed by atoms with E-state index < -0.39 is 84.2 Å². The zero-order valence-electron chi connectivity index (χ0n) is 20.2. The summed E-state index contributed by atoms with van der Waals surface area (Å²) in [5.74, 6) is -5.45. The summed E-state index contributed by atoms with van der Waals surface area (Å²) in [7, 11) is 1.27. The molecule has 1 aromatic rings. The number of ether oxygens (including phenoxy) is 5. The van der Waals surface area contributed by atoms with Crippen molar-refractivity contribution in [3.05, 3.63) is 47.2 Å². The summed E-state index contributed by atoms with van der Waals surface area (Å²) < 4.78 is 26.3. The van der Waals surface area contributed by atoms with Gasteiger partial charge in [-0.05, 0) is 24.6 Å². The number of fused-ring (bicyclic) bond motifs is 1. The predicted octanol–water partition coefficient (Wildman–Crippen LogP) is -1.53. The number of rotatable bonds is 8. The topological polar surface area (TPSA) is 239 Å². The molecule has 2 aliphatic heterocycles. The Kier molecular flexibility index (Phi) is 7.83. The maximum Gasteiger partial charge on any atom is 0.338 e. The lowest BCUT2D eigenvalue weighted by Gasteiger charge is -2.45. The first-order chi connectivity index (χ1) is 18.4. The third-order valence-corrected chi connectivity index (χ3v) is 6.77. The molecule has 0 radical (unpaired) electrons. The van der Waals surface area contributed by atoms with E-state index in [0.717, 1.165) is 12.3 Å². The van der Waals surface area contributed by atoms with Crippen molar-refractivity contribution in [3.63, 3.8) is 0 Å². The molecular formula is C24H26O15. The van der Waals surface area contributed by atoms with Gasteiger partial charge in [-0.25, -0.2) is 14.4 Å². The molecule has 7 N–H and O–H groups in total. The van der Waals surface area contributed by atoms with Gasteiger partial charge in [0.15, 0.2) is 23.4 Å². The first-order valence-electron chi connectivity index (χ1n) is 11.5. The van der Waals surface area contributed by atoms with E-state index >= 15 is 0 Å². The minimum atomic E-state index is -2.52. The van der Waals surface area contributed by atoms with E-state index in [4.69, 9.17) is 23.7 Å². The number of allylic oxidation sites excluding steroid dienone is 1. The molecule has 1 aromatic carbocycles. The fourth-order valence-electron chi connectivity index (χ4n) is 4.67. The van der Waals surface area contributed by atoms with Crippen LogP contribution in [-0.2, 0) is 28.5 Å². The molecular weight excluding hydrogens is 528 g/mol. The fourth-order valence-corrected chi connectivity index (χ4v) is 4.67. The second-order valence-electron chi connectivity index (χ2n) is 9.02. The van der Waals surface area contributed by atoms with E-state index in [1.807, 2.05) is 0 Å². The number of aromatic hydroxyl groups is 1. The lowest BCUT2D eigenvalue weighted by Crippen LogP contribution is -2.62. The Labute approximate surface area is 219 Å². The molecule has 2 heterocycles. The first-order valence-corrected chi connectivity index (χ1v) is 11.5. The highest BCUT2D eigenvalue weighted by molar-refractivity contribution is 5.93. The lowest BCUT2D eigenvalue weighted by molar-refractivity contribution is -0.354. The Morgan fingerprint density at radius 1 is 1.08 bits per heavy atom. The number of aliphatic hydroxyl groups excluding tert-OH is 3. The molecule has 0 amide bonds. The van der Waals surface area contributed by atoms with Gasteiger partial charge in [-0.2, -0.15) is 0 Å². The van der Waals surface area contributed by atoms with Crippen LogP contribution in [-0.4, -0.2) is 110 Å². The Bertz CT molecular complexity index is 1210. The average Bonchev–Trinajstić information content (AvgIpc) is 3.26. The SMILES string of the molecule is COc1cc(C(=O)OC[C@H]2O[C@@H](O[C@@H]3OC=C(C(=O)O)[C@H]4CC=C(C(=O)O)[C@@]34O)[C@H](O)[C@@H](O)[C@H]2O)ccc1O. The molecule has 0 bridgehead atoms. The second-order valence-corrected chi connectivity index (χ2v) is 9.02. The molecule has 15 nitrogen and oxygen atoms in total. The molecule has 0 unspecified atom stereocenters. The van der Waals surface area contributed by atoms with E-state index in [-0.39, 0.29) is 23.5 Å². The van der Waals surface area contributed by atoms with Gasteiger partial charge in [-0.15, -0.1) is 0 Å². The van der Waals surface area contributed by atoms with E-state index in [1.165, 1.54) is 25.3 Å². The summed E-state index contributed by atoms with van der Waals surface area (Å²) in [6.07, 6.45) is -9.15. The van der Waals surface area contributed by atoms with Gasteiger partial charge in [-0.1, -0.05) is 6.08 Å². The fraction of sp³-hybridized carbons (Fsp3) is 0.458. The maximum absolute atomic E-state index is 12.5. The summed E-state index contributed by atoms with van der Waals surface area (Å²) in [6.45, 7) is -0.658.